The van der Waals surface area contributed by atoms with Crippen molar-refractivity contribution < 1.29 is 28.6 Å². The number of hydrogen-bond acceptors (Lipinski definition) is 6. The highest BCUT2D eigenvalue weighted by atomic mass is 16.6. The third-order valence-corrected chi connectivity index (χ3v) is 11.5. The molecule has 0 aliphatic heterocycles. The van der Waals surface area contributed by atoms with E-state index in [4.69, 9.17) is 14.2 Å². The molecule has 0 bridgehead atoms. The maximum atomic E-state index is 12.8. The summed E-state index contributed by atoms with van der Waals surface area (Å²) in [5.41, 5.74) is 0. The van der Waals surface area contributed by atoms with Crippen LogP contribution in [0.5, 0.6) is 0 Å². The summed E-state index contributed by atoms with van der Waals surface area (Å²) in [6.07, 6.45) is 63.4. The van der Waals surface area contributed by atoms with Gasteiger partial charge >= 0.3 is 17.9 Å². The lowest BCUT2D eigenvalue weighted by Gasteiger charge is -2.18. The maximum absolute atomic E-state index is 12.8. The topological polar surface area (TPSA) is 78.9 Å². The number of carbonyl (C=O) groups is 3. The predicted molar refractivity (Wildman–Crippen MR) is 270 cm³/mol. The molecule has 0 spiro atoms. The SMILES string of the molecule is CC/C=C\C/C=C\C/C=C\C/C=C\C/C=C\CCCCCC(=O)OCC(COC(=O)CCCCCCCCCCCCCCC)OC(=O)CCCCCCCCCCCCCCC. The van der Waals surface area contributed by atoms with Gasteiger partial charge in [0, 0.05) is 19.3 Å². The van der Waals surface area contributed by atoms with Crippen molar-refractivity contribution in [1.82, 2.24) is 0 Å². The molecule has 0 N–H and O–H groups in total. The Hall–Kier alpha value is -2.89. The number of rotatable bonds is 48. The molecule has 0 aliphatic carbocycles. The molecule has 63 heavy (non-hydrogen) atoms. The molecule has 0 saturated heterocycles. The fourth-order valence-corrected chi connectivity index (χ4v) is 7.53. The van der Waals surface area contributed by atoms with E-state index >= 15 is 0 Å². The Morgan fingerprint density at radius 2 is 0.619 bits per heavy atom. The van der Waals surface area contributed by atoms with Crippen LogP contribution >= 0.6 is 0 Å². The molecule has 0 fully saturated rings. The van der Waals surface area contributed by atoms with E-state index in [-0.39, 0.29) is 31.1 Å². The molecule has 0 radical (unpaired) electrons. The summed E-state index contributed by atoms with van der Waals surface area (Å²) in [5, 5.41) is 0. The average molecular weight is 881 g/mol. The molecule has 364 valence electrons. The van der Waals surface area contributed by atoms with E-state index in [1.54, 1.807) is 0 Å². The summed E-state index contributed by atoms with van der Waals surface area (Å²) in [4.78, 5) is 38.0. The van der Waals surface area contributed by atoms with Crippen LogP contribution in [-0.2, 0) is 28.6 Å². The largest absolute Gasteiger partial charge is 0.462 e. The van der Waals surface area contributed by atoms with Crippen molar-refractivity contribution in [3.63, 3.8) is 0 Å². The molecule has 0 aromatic heterocycles. The molecule has 0 rings (SSSR count). The fraction of sp³-hybridized carbons (Fsp3) is 0.772. The zero-order valence-electron chi connectivity index (χ0n) is 41.6. The molecule has 1 unspecified atom stereocenters. The number of carbonyl (C=O) groups excluding carboxylic acids is 3. The Bertz CT molecular complexity index is 1150. The first-order valence-electron chi connectivity index (χ1n) is 26.8. The first-order chi connectivity index (χ1) is 31.0. The zero-order valence-corrected chi connectivity index (χ0v) is 41.6. The van der Waals surface area contributed by atoms with Crippen LogP contribution in [0.25, 0.3) is 0 Å². The van der Waals surface area contributed by atoms with Gasteiger partial charge in [0.1, 0.15) is 13.2 Å². The number of ether oxygens (including phenoxy) is 3. The first kappa shape index (κ1) is 60.1. The third-order valence-electron chi connectivity index (χ3n) is 11.5. The average Bonchev–Trinajstić information content (AvgIpc) is 3.28. The quantitative estimate of drug-likeness (QED) is 0.0262. The molecule has 0 aliphatic rings. The van der Waals surface area contributed by atoms with Gasteiger partial charge in [0.15, 0.2) is 6.10 Å². The number of allylic oxidation sites excluding steroid dienone is 10. The van der Waals surface area contributed by atoms with Crippen molar-refractivity contribution in [2.45, 2.75) is 271 Å². The van der Waals surface area contributed by atoms with Gasteiger partial charge in [-0.3, -0.25) is 14.4 Å². The van der Waals surface area contributed by atoms with Gasteiger partial charge in [-0.15, -0.1) is 0 Å². The monoisotopic (exact) mass is 881 g/mol. The van der Waals surface area contributed by atoms with E-state index in [2.05, 4.69) is 81.5 Å². The normalized spacial score (nSPS) is 12.5. The van der Waals surface area contributed by atoms with Crippen LogP contribution in [0.4, 0.5) is 0 Å². The fourth-order valence-electron chi connectivity index (χ4n) is 7.53. The van der Waals surface area contributed by atoms with Gasteiger partial charge in [-0.2, -0.15) is 0 Å². The second-order valence-corrected chi connectivity index (χ2v) is 17.8. The van der Waals surface area contributed by atoms with Crippen LogP contribution in [0, 0.1) is 0 Å². The van der Waals surface area contributed by atoms with Crippen LogP contribution in [0.15, 0.2) is 60.8 Å². The van der Waals surface area contributed by atoms with Gasteiger partial charge in [0.05, 0.1) is 0 Å². The van der Waals surface area contributed by atoms with Gasteiger partial charge in [-0.25, -0.2) is 0 Å². The molecular weight excluding hydrogens is 781 g/mol. The molecule has 0 heterocycles. The highest BCUT2D eigenvalue weighted by molar-refractivity contribution is 5.71. The van der Waals surface area contributed by atoms with Gasteiger partial charge < -0.3 is 14.2 Å². The molecule has 0 saturated carbocycles. The van der Waals surface area contributed by atoms with E-state index in [9.17, 15) is 14.4 Å². The Balaban J connectivity index is 4.40. The minimum absolute atomic E-state index is 0.0812. The minimum Gasteiger partial charge on any atom is -0.462 e. The van der Waals surface area contributed by atoms with Gasteiger partial charge in [0.2, 0.25) is 0 Å². The predicted octanol–water partition coefficient (Wildman–Crippen LogP) is 17.6. The highest BCUT2D eigenvalue weighted by Gasteiger charge is 2.19. The Kier molecular flexibility index (Phi) is 49.4. The van der Waals surface area contributed by atoms with Crippen molar-refractivity contribution in [3.8, 4) is 0 Å². The maximum Gasteiger partial charge on any atom is 0.306 e. The van der Waals surface area contributed by atoms with Crippen molar-refractivity contribution in [1.29, 1.82) is 0 Å². The van der Waals surface area contributed by atoms with E-state index in [1.807, 2.05) is 0 Å². The molecule has 6 heteroatoms. The lowest BCUT2D eigenvalue weighted by atomic mass is 10.0. The van der Waals surface area contributed by atoms with Crippen molar-refractivity contribution in [3.05, 3.63) is 60.8 Å². The van der Waals surface area contributed by atoms with Gasteiger partial charge in [0.25, 0.3) is 0 Å². The van der Waals surface area contributed by atoms with Gasteiger partial charge in [-0.1, -0.05) is 242 Å². The first-order valence-corrected chi connectivity index (χ1v) is 26.8. The molecule has 0 aromatic rings. The van der Waals surface area contributed by atoms with Gasteiger partial charge in [-0.05, 0) is 64.2 Å². The molecule has 6 nitrogen and oxygen atoms in total. The van der Waals surface area contributed by atoms with E-state index in [1.165, 1.54) is 128 Å². The zero-order chi connectivity index (χ0) is 45.8. The highest BCUT2D eigenvalue weighted by Crippen LogP contribution is 2.16. The van der Waals surface area contributed by atoms with E-state index in [0.717, 1.165) is 96.3 Å². The van der Waals surface area contributed by atoms with E-state index < -0.39 is 6.10 Å². The lowest BCUT2D eigenvalue weighted by Crippen LogP contribution is -2.30. The van der Waals surface area contributed by atoms with Crippen molar-refractivity contribution in [2.75, 3.05) is 13.2 Å². The van der Waals surface area contributed by atoms with Crippen LogP contribution in [0.3, 0.4) is 0 Å². The summed E-state index contributed by atoms with van der Waals surface area (Å²) in [5.74, 6) is -0.906. The molecule has 0 aromatic carbocycles. The summed E-state index contributed by atoms with van der Waals surface area (Å²) in [6, 6.07) is 0. The Morgan fingerprint density at radius 1 is 0.333 bits per heavy atom. The number of hydrogen-bond donors (Lipinski definition) is 0. The van der Waals surface area contributed by atoms with Crippen LogP contribution in [-0.4, -0.2) is 37.2 Å². The second kappa shape index (κ2) is 51.7. The molecular formula is C57H100O6. The lowest BCUT2D eigenvalue weighted by molar-refractivity contribution is -0.167. The smallest absolute Gasteiger partial charge is 0.306 e. The molecule has 0 amide bonds. The standard InChI is InChI=1S/C57H100O6/c1-4-7-10-13-16-19-22-25-26-27-28-29-30-33-35-38-41-44-47-50-56(59)62-53-54(63-57(60)51-48-45-42-39-36-32-24-21-18-15-12-9-6-3)52-61-55(58)49-46-43-40-37-34-31-23-20-17-14-11-8-5-2/h7,10,16,19,25-26,28-29,33,35,54H,4-6,8-9,11-15,17-18,20-24,27,30-32,34,36-53H2,1-3H3/b10-7-,19-16-,26-25-,29-28-,35-33-. The number of unbranched alkanes of at least 4 members (excludes halogenated alkanes) is 27. The Morgan fingerprint density at radius 3 is 0.968 bits per heavy atom. The minimum atomic E-state index is -0.783. The van der Waals surface area contributed by atoms with Crippen LogP contribution < -0.4 is 0 Å². The summed E-state index contributed by atoms with van der Waals surface area (Å²) < 4.78 is 16.8. The summed E-state index contributed by atoms with van der Waals surface area (Å²) in [6.45, 7) is 6.51. The van der Waals surface area contributed by atoms with Crippen molar-refractivity contribution in [2.24, 2.45) is 0 Å². The van der Waals surface area contributed by atoms with Crippen molar-refractivity contribution >= 4 is 17.9 Å². The second-order valence-electron chi connectivity index (χ2n) is 17.8. The Labute approximate surface area is 390 Å². The van der Waals surface area contributed by atoms with Crippen LogP contribution in [0.1, 0.15) is 265 Å². The third kappa shape index (κ3) is 50.0. The van der Waals surface area contributed by atoms with Crippen LogP contribution in [0.2, 0.25) is 0 Å². The number of esters is 3. The summed E-state index contributed by atoms with van der Waals surface area (Å²) >= 11 is 0. The summed E-state index contributed by atoms with van der Waals surface area (Å²) in [7, 11) is 0. The molecule has 1 atom stereocenters. The van der Waals surface area contributed by atoms with E-state index in [0.29, 0.717) is 19.3 Å².